The molecule has 1 unspecified atom stereocenters. The number of hydrogen-bond donors (Lipinski definition) is 1. The first-order valence-electron chi connectivity index (χ1n) is 5.74. The Balaban J connectivity index is 2.01. The van der Waals surface area contributed by atoms with Gasteiger partial charge in [0.15, 0.2) is 0 Å². The molecule has 0 radical (unpaired) electrons. The lowest BCUT2D eigenvalue weighted by molar-refractivity contribution is 0.573. The molecule has 0 aliphatic heterocycles. The van der Waals surface area contributed by atoms with Gasteiger partial charge in [0.25, 0.3) is 0 Å². The number of hydrogen-bond acceptors (Lipinski definition) is 2. The molecule has 1 aromatic carbocycles. The summed E-state index contributed by atoms with van der Waals surface area (Å²) in [6.07, 6.45) is 3.63. The zero-order chi connectivity index (χ0) is 13.0. The zero-order valence-corrected chi connectivity index (χ0v) is 11.5. The number of nitrogens with one attached hydrogen (secondary N) is 1. The number of pyridine rings is 1. The van der Waals surface area contributed by atoms with E-state index in [1.165, 1.54) is 0 Å². The molecule has 0 saturated carbocycles. The average Bonchev–Trinajstić information content (AvgIpc) is 2.40. The van der Waals surface area contributed by atoms with E-state index in [0.29, 0.717) is 11.6 Å². The summed E-state index contributed by atoms with van der Waals surface area (Å²) in [4.78, 5) is 4.11. The maximum absolute atomic E-state index is 6.11. The van der Waals surface area contributed by atoms with E-state index >= 15 is 0 Å². The van der Waals surface area contributed by atoms with Crippen LogP contribution in [0, 0.1) is 0 Å². The van der Waals surface area contributed by atoms with Crippen LogP contribution in [0.5, 0.6) is 0 Å². The van der Waals surface area contributed by atoms with Gasteiger partial charge >= 0.3 is 0 Å². The van der Waals surface area contributed by atoms with Crippen LogP contribution in [0.25, 0.3) is 0 Å². The van der Waals surface area contributed by atoms with Crippen molar-refractivity contribution in [3.05, 3.63) is 63.9 Å². The van der Waals surface area contributed by atoms with Gasteiger partial charge in [-0.05, 0) is 42.3 Å². The molecule has 0 saturated heterocycles. The van der Waals surface area contributed by atoms with Gasteiger partial charge in [0, 0.05) is 35.0 Å². The number of rotatable bonds is 4. The second-order valence-electron chi connectivity index (χ2n) is 4.12. The van der Waals surface area contributed by atoms with E-state index in [-0.39, 0.29) is 6.04 Å². The van der Waals surface area contributed by atoms with Gasteiger partial charge in [-0.15, -0.1) is 0 Å². The van der Waals surface area contributed by atoms with E-state index in [1.807, 2.05) is 30.5 Å². The standard InChI is InChI=1S/C14H14Cl2N2/c1-10(11-3-2-6-17-8-11)18-9-12-7-13(15)4-5-14(12)16/h2-8,10,18H,9H2,1H3. The second-order valence-corrected chi connectivity index (χ2v) is 4.97. The maximum atomic E-state index is 6.11. The number of halogens is 2. The maximum Gasteiger partial charge on any atom is 0.0451 e. The third-order valence-corrected chi connectivity index (χ3v) is 3.39. The molecule has 1 atom stereocenters. The van der Waals surface area contributed by atoms with E-state index in [9.17, 15) is 0 Å². The summed E-state index contributed by atoms with van der Waals surface area (Å²) in [6.45, 7) is 2.77. The van der Waals surface area contributed by atoms with Crippen molar-refractivity contribution in [3.63, 3.8) is 0 Å². The highest BCUT2D eigenvalue weighted by Gasteiger charge is 2.06. The Bertz CT molecular complexity index is 514. The Kier molecular flexibility index (Phi) is 4.59. The van der Waals surface area contributed by atoms with Gasteiger partial charge in [-0.1, -0.05) is 29.3 Å². The number of aromatic nitrogens is 1. The quantitative estimate of drug-likeness (QED) is 0.906. The van der Waals surface area contributed by atoms with Gasteiger partial charge in [-0.25, -0.2) is 0 Å². The fourth-order valence-corrected chi connectivity index (χ4v) is 2.07. The fourth-order valence-electron chi connectivity index (χ4n) is 1.69. The molecule has 2 nitrogen and oxygen atoms in total. The Morgan fingerprint density at radius 3 is 2.83 bits per heavy atom. The van der Waals surface area contributed by atoms with Gasteiger partial charge in [-0.2, -0.15) is 0 Å². The van der Waals surface area contributed by atoms with Crippen molar-refractivity contribution in [1.82, 2.24) is 10.3 Å². The molecule has 0 aliphatic carbocycles. The van der Waals surface area contributed by atoms with Crippen molar-refractivity contribution >= 4 is 23.2 Å². The van der Waals surface area contributed by atoms with Crippen molar-refractivity contribution in [3.8, 4) is 0 Å². The van der Waals surface area contributed by atoms with Crippen LogP contribution in [0.15, 0.2) is 42.7 Å². The molecular weight excluding hydrogens is 267 g/mol. The van der Waals surface area contributed by atoms with Crippen molar-refractivity contribution in [2.75, 3.05) is 0 Å². The third-order valence-electron chi connectivity index (χ3n) is 2.79. The molecule has 0 spiro atoms. The average molecular weight is 281 g/mol. The van der Waals surface area contributed by atoms with Crippen LogP contribution in [0.4, 0.5) is 0 Å². The first-order valence-corrected chi connectivity index (χ1v) is 6.49. The summed E-state index contributed by atoms with van der Waals surface area (Å²) in [5.74, 6) is 0. The Morgan fingerprint density at radius 2 is 2.11 bits per heavy atom. The molecule has 94 valence electrons. The lowest BCUT2D eigenvalue weighted by Crippen LogP contribution is -2.18. The fraction of sp³-hybridized carbons (Fsp3) is 0.214. The molecule has 2 aromatic rings. The first kappa shape index (κ1) is 13.3. The van der Waals surface area contributed by atoms with Gasteiger partial charge in [0.2, 0.25) is 0 Å². The van der Waals surface area contributed by atoms with Crippen molar-refractivity contribution in [1.29, 1.82) is 0 Å². The molecule has 18 heavy (non-hydrogen) atoms. The molecule has 0 fully saturated rings. The molecule has 1 aromatic heterocycles. The van der Waals surface area contributed by atoms with Crippen LogP contribution in [0.1, 0.15) is 24.1 Å². The predicted octanol–water partition coefficient (Wildman–Crippen LogP) is 4.24. The van der Waals surface area contributed by atoms with Crippen LogP contribution < -0.4 is 5.32 Å². The lowest BCUT2D eigenvalue weighted by Gasteiger charge is -2.14. The van der Waals surface area contributed by atoms with E-state index in [4.69, 9.17) is 23.2 Å². The molecule has 1 N–H and O–H groups in total. The van der Waals surface area contributed by atoms with Crippen molar-refractivity contribution < 1.29 is 0 Å². The summed E-state index contributed by atoms with van der Waals surface area (Å²) < 4.78 is 0. The summed E-state index contributed by atoms with van der Waals surface area (Å²) in [5.41, 5.74) is 2.15. The van der Waals surface area contributed by atoms with Gasteiger partial charge in [0.1, 0.15) is 0 Å². The summed E-state index contributed by atoms with van der Waals surface area (Å²) in [6, 6.07) is 9.68. The van der Waals surface area contributed by atoms with Crippen LogP contribution in [-0.2, 0) is 6.54 Å². The minimum atomic E-state index is 0.216. The molecule has 0 amide bonds. The Morgan fingerprint density at radius 1 is 1.28 bits per heavy atom. The normalized spacial score (nSPS) is 12.4. The van der Waals surface area contributed by atoms with Crippen LogP contribution in [0.2, 0.25) is 10.0 Å². The minimum absolute atomic E-state index is 0.216. The largest absolute Gasteiger partial charge is 0.306 e. The third kappa shape index (κ3) is 3.45. The first-order chi connectivity index (χ1) is 8.66. The van der Waals surface area contributed by atoms with Crippen molar-refractivity contribution in [2.45, 2.75) is 19.5 Å². The second kappa shape index (κ2) is 6.19. The van der Waals surface area contributed by atoms with Crippen LogP contribution in [-0.4, -0.2) is 4.98 Å². The van der Waals surface area contributed by atoms with Crippen molar-refractivity contribution in [2.24, 2.45) is 0 Å². The van der Waals surface area contributed by atoms with Gasteiger partial charge < -0.3 is 5.32 Å². The smallest absolute Gasteiger partial charge is 0.0451 e. The highest BCUT2D eigenvalue weighted by molar-refractivity contribution is 6.33. The zero-order valence-electron chi connectivity index (χ0n) is 10.0. The Labute approximate surface area is 117 Å². The van der Waals surface area contributed by atoms with E-state index in [1.54, 1.807) is 12.3 Å². The highest BCUT2D eigenvalue weighted by atomic mass is 35.5. The van der Waals surface area contributed by atoms with E-state index < -0.39 is 0 Å². The highest BCUT2D eigenvalue weighted by Crippen LogP contribution is 2.21. The summed E-state index contributed by atoms with van der Waals surface area (Å²) in [5, 5.41) is 4.83. The SMILES string of the molecule is CC(NCc1cc(Cl)ccc1Cl)c1cccnc1. The Hall–Kier alpha value is -1.09. The van der Waals surface area contributed by atoms with E-state index in [0.717, 1.165) is 16.1 Å². The molecule has 4 heteroatoms. The van der Waals surface area contributed by atoms with Gasteiger partial charge in [-0.3, -0.25) is 4.98 Å². The molecular formula is C14H14Cl2N2. The molecule has 0 bridgehead atoms. The molecule has 1 heterocycles. The minimum Gasteiger partial charge on any atom is -0.306 e. The van der Waals surface area contributed by atoms with Gasteiger partial charge in [0.05, 0.1) is 0 Å². The summed E-state index contributed by atoms with van der Waals surface area (Å²) >= 11 is 12.1. The van der Waals surface area contributed by atoms with Crippen LogP contribution in [0.3, 0.4) is 0 Å². The lowest BCUT2D eigenvalue weighted by atomic mass is 10.1. The van der Waals surface area contributed by atoms with E-state index in [2.05, 4.69) is 17.2 Å². The number of benzene rings is 1. The topological polar surface area (TPSA) is 24.9 Å². The summed E-state index contributed by atoms with van der Waals surface area (Å²) in [7, 11) is 0. The number of nitrogens with zero attached hydrogens (tertiary/aromatic N) is 1. The van der Waals surface area contributed by atoms with Crippen LogP contribution >= 0.6 is 23.2 Å². The monoisotopic (exact) mass is 280 g/mol. The molecule has 2 rings (SSSR count). The predicted molar refractivity (Wildman–Crippen MR) is 76.0 cm³/mol. The molecule has 0 aliphatic rings.